The number of amides is 1. The Morgan fingerprint density at radius 1 is 1.27 bits per heavy atom. The molecule has 1 fully saturated rings. The van der Waals surface area contributed by atoms with Crippen molar-refractivity contribution < 1.29 is 27.1 Å². The van der Waals surface area contributed by atoms with Crippen LogP contribution in [0.3, 0.4) is 0 Å². The van der Waals surface area contributed by atoms with Gasteiger partial charge in [0.25, 0.3) is 5.91 Å². The number of halogens is 4. The molecule has 1 aromatic heterocycles. The van der Waals surface area contributed by atoms with Crippen molar-refractivity contribution in [1.29, 1.82) is 0 Å². The molecule has 1 heterocycles. The molecule has 0 spiro atoms. The minimum absolute atomic E-state index is 0.0365. The first-order valence-electron chi connectivity index (χ1n) is 8.04. The van der Waals surface area contributed by atoms with E-state index in [1.807, 2.05) is 5.32 Å². The summed E-state index contributed by atoms with van der Waals surface area (Å²) in [6, 6.07) is 6.63. The molecule has 8 heteroatoms. The Morgan fingerprint density at radius 2 is 2.04 bits per heavy atom. The van der Waals surface area contributed by atoms with Crippen LogP contribution in [-0.2, 0) is 6.61 Å². The van der Waals surface area contributed by atoms with Crippen LogP contribution in [0.1, 0.15) is 28.9 Å². The van der Waals surface area contributed by atoms with Gasteiger partial charge < -0.3 is 10.1 Å². The van der Waals surface area contributed by atoms with Crippen LogP contribution >= 0.6 is 0 Å². The van der Waals surface area contributed by atoms with Gasteiger partial charge in [-0.3, -0.25) is 9.78 Å². The summed E-state index contributed by atoms with van der Waals surface area (Å²) < 4.78 is 57.3. The highest BCUT2D eigenvalue weighted by Gasteiger charge is 2.49. The summed E-state index contributed by atoms with van der Waals surface area (Å²) in [5.74, 6) is -1.47. The molecule has 0 bridgehead atoms. The lowest BCUT2D eigenvalue weighted by molar-refractivity contribution is -0.158. The van der Waals surface area contributed by atoms with Crippen LogP contribution in [0.25, 0.3) is 0 Å². The van der Waals surface area contributed by atoms with Crippen molar-refractivity contribution in [1.82, 2.24) is 10.3 Å². The molecular formula is C18H16F4N2O2. The minimum Gasteiger partial charge on any atom is -0.487 e. The molecular weight excluding hydrogens is 352 g/mol. The van der Waals surface area contributed by atoms with Gasteiger partial charge >= 0.3 is 6.18 Å². The molecule has 1 amide bonds. The summed E-state index contributed by atoms with van der Waals surface area (Å²) in [5.41, 5.74) is 0.495. The number of benzene rings is 1. The van der Waals surface area contributed by atoms with Crippen LogP contribution in [0.4, 0.5) is 17.6 Å². The van der Waals surface area contributed by atoms with Gasteiger partial charge in [-0.25, -0.2) is 4.39 Å². The first kappa shape index (κ1) is 18.2. The second-order valence-electron chi connectivity index (χ2n) is 6.11. The first-order valence-corrected chi connectivity index (χ1v) is 8.04. The van der Waals surface area contributed by atoms with Gasteiger partial charge in [-0.1, -0.05) is 6.07 Å². The molecule has 0 saturated heterocycles. The zero-order chi connectivity index (χ0) is 18.7. The van der Waals surface area contributed by atoms with E-state index in [9.17, 15) is 22.4 Å². The Morgan fingerprint density at radius 3 is 2.62 bits per heavy atom. The van der Waals surface area contributed by atoms with E-state index in [2.05, 4.69) is 4.98 Å². The molecule has 26 heavy (non-hydrogen) atoms. The molecule has 1 atom stereocenters. The molecule has 1 N–H and O–H groups in total. The van der Waals surface area contributed by atoms with Crippen molar-refractivity contribution in [3.63, 3.8) is 0 Å². The Balaban J connectivity index is 1.59. The fourth-order valence-corrected chi connectivity index (χ4v) is 2.48. The Kier molecular flexibility index (Phi) is 5.11. The third-order valence-corrected chi connectivity index (χ3v) is 4.00. The van der Waals surface area contributed by atoms with E-state index >= 15 is 0 Å². The molecule has 1 aliphatic carbocycles. The summed E-state index contributed by atoms with van der Waals surface area (Å²) in [5, 5.41) is 2.04. The maximum Gasteiger partial charge on any atom is 0.408 e. The first-order chi connectivity index (χ1) is 12.3. The highest BCUT2D eigenvalue weighted by atomic mass is 19.4. The number of pyridine rings is 1. The lowest BCUT2D eigenvalue weighted by Gasteiger charge is -2.21. The van der Waals surface area contributed by atoms with Crippen molar-refractivity contribution in [2.24, 2.45) is 5.92 Å². The number of ether oxygens (including phenoxy) is 1. The molecule has 2 aromatic rings. The van der Waals surface area contributed by atoms with Crippen molar-refractivity contribution >= 4 is 5.91 Å². The maximum atomic E-state index is 13.1. The molecule has 1 unspecified atom stereocenters. The fourth-order valence-electron chi connectivity index (χ4n) is 2.48. The molecule has 1 saturated carbocycles. The van der Waals surface area contributed by atoms with Crippen LogP contribution in [0.15, 0.2) is 42.6 Å². The number of aromatic nitrogens is 1. The van der Waals surface area contributed by atoms with Gasteiger partial charge in [0.2, 0.25) is 0 Å². The molecule has 0 radical (unpaired) electrons. The van der Waals surface area contributed by atoms with E-state index in [1.54, 1.807) is 6.07 Å². The van der Waals surface area contributed by atoms with Crippen LogP contribution in [0, 0.1) is 11.7 Å². The zero-order valence-corrected chi connectivity index (χ0v) is 13.6. The monoisotopic (exact) mass is 368 g/mol. The summed E-state index contributed by atoms with van der Waals surface area (Å²) in [6.07, 6.45) is -2.36. The van der Waals surface area contributed by atoms with Crippen LogP contribution < -0.4 is 10.1 Å². The molecule has 3 rings (SSSR count). The molecule has 0 aliphatic heterocycles. The number of carbonyl (C=O) groups is 1. The number of carbonyl (C=O) groups excluding carboxylic acids is 1. The number of nitrogens with one attached hydrogen (secondary N) is 1. The predicted octanol–water partition coefficient (Wildman–Crippen LogP) is 3.87. The Bertz CT molecular complexity index is 774. The Labute approximate surface area is 147 Å². The van der Waals surface area contributed by atoms with Crippen LogP contribution in [-0.4, -0.2) is 23.1 Å². The summed E-state index contributed by atoms with van der Waals surface area (Å²) in [6.45, 7) is 0.0403. The predicted molar refractivity (Wildman–Crippen MR) is 85.0 cm³/mol. The molecule has 1 aliphatic rings. The van der Waals surface area contributed by atoms with Gasteiger partial charge in [-0.15, -0.1) is 0 Å². The lowest BCUT2D eigenvalue weighted by atomic mass is 10.1. The lowest BCUT2D eigenvalue weighted by Crippen LogP contribution is -2.46. The number of alkyl halides is 3. The van der Waals surface area contributed by atoms with Gasteiger partial charge in [-0.2, -0.15) is 13.2 Å². The largest absolute Gasteiger partial charge is 0.487 e. The average molecular weight is 368 g/mol. The van der Waals surface area contributed by atoms with Crippen LogP contribution in [0.2, 0.25) is 0 Å². The van der Waals surface area contributed by atoms with E-state index in [1.165, 1.54) is 36.5 Å². The maximum absolute atomic E-state index is 13.1. The molecule has 138 valence electrons. The summed E-state index contributed by atoms with van der Waals surface area (Å²) in [4.78, 5) is 16.0. The second kappa shape index (κ2) is 7.31. The smallest absolute Gasteiger partial charge is 0.408 e. The summed E-state index contributed by atoms with van der Waals surface area (Å²) in [7, 11) is 0. The highest BCUT2D eigenvalue weighted by molar-refractivity contribution is 5.94. The Hall–Kier alpha value is -2.64. The summed E-state index contributed by atoms with van der Waals surface area (Å²) >= 11 is 0. The van der Waals surface area contributed by atoms with Gasteiger partial charge in [-0.05, 0) is 43.0 Å². The van der Waals surface area contributed by atoms with E-state index in [0.717, 1.165) is 0 Å². The fraction of sp³-hybridized carbons (Fsp3) is 0.333. The SMILES string of the molecule is O=C(NC(C1CC1)C(F)(F)F)c1ccc(COc2cccc(F)c2)nc1. The van der Waals surface area contributed by atoms with E-state index in [4.69, 9.17) is 4.74 Å². The van der Waals surface area contributed by atoms with E-state index in [-0.39, 0.29) is 12.2 Å². The van der Waals surface area contributed by atoms with Crippen molar-refractivity contribution in [2.75, 3.05) is 0 Å². The highest BCUT2D eigenvalue weighted by Crippen LogP contribution is 2.40. The molecule has 4 nitrogen and oxygen atoms in total. The quantitative estimate of drug-likeness (QED) is 0.788. The van der Waals surface area contributed by atoms with Gasteiger partial charge in [0.15, 0.2) is 0 Å². The number of rotatable bonds is 6. The van der Waals surface area contributed by atoms with E-state index in [0.29, 0.717) is 24.3 Å². The normalized spacial score (nSPS) is 15.4. The van der Waals surface area contributed by atoms with Gasteiger partial charge in [0.05, 0.1) is 11.3 Å². The van der Waals surface area contributed by atoms with Crippen molar-refractivity contribution in [3.8, 4) is 5.75 Å². The van der Waals surface area contributed by atoms with Gasteiger partial charge in [0.1, 0.15) is 24.2 Å². The standard InChI is InChI=1S/C18H16F4N2O2/c19-13-2-1-3-15(8-13)26-10-14-7-6-12(9-23-14)17(25)24-16(11-4-5-11)18(20,21)22/h1-3,6-9,11,16H,4-5,10H2,(H,24,25). The van der Waals surface area contributed by atoms with Crippen LogP contribution in [0.5, 0.6) is 5.75 Å². The number of nitrogens with zero attached hydrogens (tertiary/aromatic N) is 1. The topological polar surface area (TPSA) is 51.2 Å². The van der Waals surface area contributed by atoms with Crippen molar-refractivity contribution in [2.45, 2.75) is 31.7 Å². The van der Waals surface area contributed by atoms with Gasteiger partial charge in [0, 0.05) is 12.3 Å². The average Bonchev–Trinajstić information content (AvgIpc) is 3.42. The van der Waals surface area contributed by atoms with E-state index < -0.39 is 29.9 Å². The zero-order valence-electron chi connectivity index (χ0n) is 13.6. The molecule has 1 aromatic carbocycles. The third kappa shape index (κ3) is 4.71. The second-order valence-corrected chi connectivity index (χ2v) is 6.11. The number of hydrogen-bond acceptors (Lipinski definition) is 3. The van der Waals surface area contributed by atoms with Crippen molar-refractivity contribution in [3.05, 3.63) is 59.7 Å². The third-order valence-electron chi connectivity index (χ3n) is 4.00. The number of hydrogen-bond donors (Lipinski definition) is 1. The minimum atomic E-state index is -4.47.